The number of hydrogen-bond acceptors (Lipinski definition) is 7. The predicted molar refractivity (Wildman–Crippen MR) is 131 cm³/mol. The van der Waals surface area contributed by atoms with Gasteiger partial charge in [0, 0.05) is 32.9 Å². The summed E-state index contributed by atoms with van der Waals surface area (Å²) in [6.45, 7) is 0. The molecule has 0 saturated carbocycles. The van der Waals surface area contributed by atoms with E-state index in [2.05, 4.69) is 0 Å². The molecule has 5 rings (SSSR count). The minimum absolute atomic E-state index is 0.245. The maximum atomic E-state index is 13.4. The quantitative estimate of drug-likeness (QED) is 0.314. The van der Waals surface area contributed by atoms with E-state index in [9.17, 15) is 55.1 Å². The molecule has 0 saturated heterocycles. The van der Waals surface area contributed by atoms with E-state index in [1.54, 1.807) is 10.6 Å². The summed E-state index contributed by atoms with van der Waals surface area (Å²) in [5, 5.41) is 0.888. The fraction of sp³-hybridized carbons (Fsp3) is 0.0833. The molecule has 1 heterocycles. The van der Waals surface area contributed by atoms with Crippen LogP contribution in [0.15, 0.2) is 55.6 Å². The lowest BCUT2D eigenvalue weighted by Crippen LogP contribution is -2.30. The Labute approximate surface area is 212 Å². The number of hydrogen-bond donors (Lipinski definition) is 2. The number of rotatable bonds is 2. The molecule has 8 nitrogen and oxygen atoms in total. The highest BCUT2D eigenvalue weighted by Gasteiger charge is 2.39. The van der Waals surface area contributed by atoms with Crippen molar-refractivity contribution in [2.45, 2.75) is 12.4 Å². The van der Waals surface area contributed by atoms with Crippen molar-refractivity contribution in [1.29, 1.82) is 0 Å². The highest BCUT2D eigenvalue weighted by molar-refractivity contribution is 7.25. The maximum absolute atomic E-state index is 13.4. The zero-order valence-corrected chi connectivity index (χ0v) is 19.4. The Hall–Kier alpha value is -4.66. The number of nitrogens with one attached hydrogen (secondary N) is 2. The number of benzene rings is 4. The summed E-state index contributed by atoms with van der Waals surface area (Å²) in [4.78, 5) is 75.5. The molecular formula is C24H8F6N2O6S. The summed E-state index contributed by atoms with van der Waals surface area (Å²) in [6, 6.07) is 5.59. The maximum Gasteiger partial charge on any atom is 0.471 e. The van der Waals surface area contributed by atoms with E-state index < -0.39 is 73.4 Å². The number of carbonyl (C=O) groups excluding carboxylic acids is 2. The van der Waals surface area contributed by atoms with Crippen molar-refractivity contribution in [2.24, 2.45) is 0 Å². The molecule has 15 heteroatoms. The third-order valence-electron chi connectivity index (χ3n) is 5.82. The van der Waals surface area contributed by atoms with E-state index in [1.807, 2.05) is 0 Å². The van der Waals surface area contributed by atoms with Crippen LogP contribution in [0.1, 0.15) is 0 Å². The topological polar surface area (TPSA) is 126 Å². The molecule has 0 unspecified atom stereocenters. The van der Waals surface area contributed by atoms with Crippen molar-refractivity contribution in [3.8, 4) is 0 Å². The van der Waals surface area contributed by atoms with Crippen molar-refractivity contribution in [1.82, 2.24) is 0 Å². The number of anilines is 2. The van der Waals surface area contributed by atoms with Gasteiger partial charge in [-0.25, -0.2) is 0 Å². The van der Waals surface area contributed by atoms with Crippen LogP contribution in [0.3, 0.4) is 0 Å². The average molecular weight is 566 g/mol. The van der Waals surface area contributed by atoms with Gasteiger partial charge in [0.25, 0.3) is 0 Å². The van der Waals surface area contributed by atoms with Gasteiger partial charge in [-0.2, -0.15) is 26.3 Å². The van der Waals surface area contributed by atoms with Gasteiger partial charge < -0.3 is 10.6 Å². The van der Waals surface area contributed by atoms with Gasteiger partial charge in [0.05, 0.1) is 20.2 Å². The number of amides is 2. The largest absolute Gasteiger partial charge is 0.471 e. The fourth-order valence-electron chi connectivity index (χ4n) is 4.12. The van der Waals surface area contributed by atoms with Crippen LogP contribution >= 0.6 is 11.3 Å². The van der Waals surface area contributed by atoms with Crippen LogP contribution in [0.5, 0.6) is 0 Å². The first kappa shape index (κ1) is 26.0. The van der Waals surface area contributed by atoms with E-state index in [-0.39, 0.29) is 25.6 Å². The Morgan fingerprint density at radius 3 is 1.36 bits per heavy atom. The summed E-state index contributed by atoms with van der Waals surface area (Å²) >= 11 is 0.504. The molecule has 0 spiro atoms. The number of thiophene rings is 1. The zero-order chi connectivity index (χ0) is 28.6. The number of carbonyl (C=O) groups is 2. The first-order chi connectivity index (χ1) is 18.1. The van der Waals surface area contributed by atoms with Gasteiger partial charge in [0.1, 0.15) is 0 Å². The van der Waals surface area contributed by atoms with Crippen LogP contribution in [0.4, 0.5) is 37.7 Å². The second-order valence-electron chi connectivity index (χ2n) is 8.25. The summed E-state index contributed by atoms with van der Waals surface area (Å²) in [6.07, 6.45) is -10.5. The lowest BCUT2D eigenvalue weighted by molar-refractivity contribution is -0.167. The molecule has 1 aromatic heterocycles. The van der Waals surface area contributed by atoms with E-state index in [4.69, 9.17) is 0 Å². The first-order valence-electron chi connectivity index (χ1n) is 10.5. The standard InChI is InChI=1S/C24H8F6N2O6S/c25-23(26,27)21(37)31-7-2-4-10-11(5-7)16(34)14-13-15(33)9-3-1-8(32-22(38)24(28,29)30)6-12(9)18(36)20(13)39-19(14)17(10)35/h1-6H,(H,31,37)(H,32,38). The summed E-state index contributed by atoms with van der Waals surface area (Å²) in [5.74, 6) is -4.64. The summed E-state index contributed by atoms with van der Waals surface area (Å²) in [5.41, 5.74) is -4.46. The minimum atomic E-state index is -5.23. The fourth-order valence-corrected chi connectivity index (χ4v) is 5.32. The molecule has 39 heavy (non-hydrogen) atoms. The molecule has 5 aromatic rings. The second kappa shape index (κ2) is 8.42. The van der Waals surface area contributed by atoms with Gasteiger partial charge in [-0.05, 0) is 36.4 Å². The van der Waals surface area contributed by atoms with Crippen molar-refractivity contribution in [3.63, 3.8) is 0 Å². The van der Waals surface area contributed by atoms with E-state index in [1.165, 1.54) is 0 Å². The average Bonchev–Trinajstić information content (AvgIpc) is 3.26. The molecule has 0 radical (unpaired) electrons. The van der Waals surface area contributed by atoms with Crippen molar-refractivity contribution in [2.75, 3.05) is 10.6 Å². The zero-order valence-electron chi connectivity index (χ0n) is 18.6. The molecule has 0 aliphatic heterocycles. The summed E-state index contributed by atoms with van der Waals surface area (Å²) < 4.78 is 75.0. The van der Waals surface area contributed by atoms with Gasteiger partial charge in [-0.1, -0.05) is 0 Å². The van der Waals surface area contributed by atoms with Gasteiger partial charge in [0.15, 0.2) is 10.9 Å². The Morgan fingerprint density at radius 1 is 0.564 bits per heavy atom. The molecular weight excluding hydrogens is 558 g/mol. The lowest BCUT2D eigenvalue weighted by atomic mass is 10.0. The third-order valence-corrected chi connectivity index (χ3v) is 7.01. The normalized spacial score (nSPS) is 12.5. The predicted octanol–water partition coefficient (Wildman–Crippen LogP) is 3.68. The lowest BCUT2D eigenvalue weighted by Gasteiger charge is -2.08. The molecule has 0 aliphatic rings. The monoisotopic (exact) mass is 566 g/mol. The SMILES string of the molecule is O=C(Nc1ccc2c(=O)c3c(sc4c(=O)c5ccc(NC(=O)C(F)(F)F)cc5c(=O)c43)c(=O)c2c1)C(F)(F)F. The van der Waals surface area contributed by atoms with Gasteiger partial charge in [0.2, 0.25) is 10.9 Å². The molecule has 4 aromatic carbocycles. The molecule has 0 fully saturated rings. The van der Waals surface area contributed by atoms with Gasteiger partial charge in [-0.15, -0.1) is 11.3 Å². The van der Waals surface area contributed by atoms with Crippen LogP contribution in [-0.2, 0) is 9.59 Å². The summed E-state index contributed by atoms with van der Waals surface area (Å²) in [7, 11) is 0. The van der Waals surface area contributed by atoms with Gasteiger partial charge >= 0.3 is 24.2 Å². The van der Waals surface area contributed by atoms with Crippen LogP contribution < -0.4 is 32.3 Å². The van der Waals surface area contributed by atoms with Crippen LogP contribution in [0.25, 0.3) is 41.7 Å². The minimum Gasteiger partial charge on any atom is -0.318 e. The molecule has 0 bridgehead atoms. The molecule has 2 amide bonds. The second-order valence-corrected chi connectivity index (χ2v) is 9.27. The molecule has 0 aliphatic carbocycles. The third kappa shape index (κ3) is 4.10. The van der Waals surface area contributed by atoms with Crippen LogP contribution in [0, 0.1) is 0 Å². The highest BCUT2D eigenvalue weighted by Crippen LogP contribution is 2.30. The number of fused-ring (bicyclic) bond motifs is 5. The van der Waals surface area contributed by atoms with E-state index in [0.717, 1.165) is 36.4 Å². The number of halogens is 6. The smallest absolute Gasteiger partial charge is 0.318 e. The Kier molecular flexibility index (Phi) is 5.61. The van der Waals surface area contributed by atoms with Gasteiger partial charge in [-0.3, -0.25) is 28.8 Å². The molecule has 2 N–H and O–H groups in total. The highest BCUT2D eigenvalue weighted by atomic mass is 32.1. The first-order valence-corrected chi connectivity index (χ1v) is 11.3. The van der Waals surface area contributed by atoms with Crippen molar-refractivity contribution in [3.05, 3.63) is 77.3 Å². The van der Waals surface area contributed by atoms with E-state index >= 15 is 0 Å². The van der Waals surface area contributed by atoms with Crippen molar-refractivity contribution < 1.29 is 35.9 Å². The Morgan fingerprint density at radius 2 is 0.923 bits per heavy atom. The number of alkyl halides is 6. The van der Waals surface area contributed by atoms with E-state index in [0.29, 0.717) is 11.3 Å². The van der Waals surface area contributed by atoms with Crippen LogP contribution in [0.2, 0.25) is 0 Å². The molecule has 0 atom stereocenters. The van der Waals surface area contributed by atoms with Crippen molar-refractivity contribution >= 4 is 76.2 Å². The Balaban J connectivity index is 1.78. The molecule has 198 valence electrons. The van der Waals surface area contributed by atoms with Crippen LogP contribution in [-0.4, -0.2) is 24.2 Å². The Bertz CT molecular complexity index is 2120.